The van der Waals surface area contributed by atoms with Gasteiger partial charge in [0, 0.05) is 30.6 Å². The molecule has 5 rings (SSSR count). The molecule has 1 aromatic carbocycles. The average Bonchev–Trinajstić information content (AvgIpc) is 2.99. The van der Waals surface area contributed by atoms with E-state index in [9.17, 15) is 14.4 Å². The second-order valence-corrected chi connectivity index (χ2v) is 10.3. The molecule has 28 heavy (non-hydrogen) atoms. The van der Waals surface area contributed by atoms with Gasteiger partial charge >= 0.3 is 0 Å². The largest absolute Gasteiger partial charge is 0.299 e. The van der Waals surface area contributed by atoms with Gasteiger partial charge in [-0.25, -0.2) is 0 Å². The number of carbonyl (C=O) groups is 3. The summed E-state index contributed by atoms with van der Waals surface area (Å²) >= 11 is 0. The third-order valence-electron chi connectivity index (χ3n) is 9.24. The molecule has 0 amide bonds. The predicted octanol–water partition coefficient (Wildman–Crippen LogP) is 4.74. The van der Waals surface area contributed by atoms with Crippen molar-refractivity contribution in [2.75, 3.05) is 0 Å². The van der Waals surface area contributed by atoms with Crippen molar-refractivity contribution in [3.8, 4) is 0 Å². The van der Waals surface area contributed by atoms with E-state index in [0.29, 0.717) is 42.8 Å². The molecule has 0 aromatic heterocycles. The van der Waals surface area contributed by atoms with E-state index < -0.39 is 0 Å². The lowest BCUT2D eigenvalue weighted by atomic mass is 9.43. The Morgan fingerprint density at radius 1 is 0.857 bits per heavy atom. The smallest absolute Gasteiger partial charge is 0.141 e. The van der Waals surface area contributed by atoms with Gasteiger partial charge in [-0.1, -0.05) is 44.2 Å². The lowest BCUT2D eigenvalue weighted by molar-refractivity contribution is -0.161. The van der Waals surface area contributed by atoms with Crippen molar-refractivity contribution in [3.05, 3.63) is 35.9 Å². The Hall–Kier alpha value is -1.77. The molecule has 148 valence electrons. The lowest BCUT2D eigenvalue weighted by Gasteiger charge is -2.59. The first kappa shape index (κ1) is 18.3. The van der Waals surface area contributed by atoms with Gasteiger partial charge in [0.25, 0.3) is 0 Å². The van der Waals surface area contributed by atoms with Crippen molar-refractivity contribution >= 4 is 17.3 Å². The molecule has 7 unspecified atom stereocenters. The molecule has 4 aliphatic carbocycles. The molecule has 0 aliphatic heterocycles. The number of rotatable bonds is 1. The summed E-state index contributed by atoms with van der Waals surface area (Å²) in [5, 5.41) is 0. The van der Waals surface area contributed by atoms with Crippen LogP contribution in [0.3, 0.4) is 0 Å². The minimum absolute atomic E-state index is 0.124. The summed E-state index contributed by atoms with van der Waals surface area (Å²) in [6.07, 6.45) is 5.58. The van der Waals surface area contributed by atoms with Crippen LogP contribution in [0.4, 0.5) is 0 Å². The molecular formula is C25H30O3. The van der Waals surface area contributed by atoms with E-state index in [2.05, 4.69) is 13.8 Å². The number of fused-ring (bicyclic) bond motifs is 5. The van der Waals surface area contributed by atoms with Gasteiger partial charge in [0.15, 0.2) is 0 Å². The minimum Gasteiger partial charge on any atom is -0.299 e. The van der Waals surface area contributed by atoms with Gasteiger partial charge in [-0.2, -0.15) is 0 Å². The topological polar surface area (TPSA) is 51.2 Å². The Morgan fingerprint density at radius 3 is 2.36 bits per heavy atom. The Kier molecular flexibility index (Phi) is 3.99. The van der Waals surface area contributed by atoms with Gasteiger partial charge in [-0.15, -0.1) is 0 Å². The van der Waals surface area contributed by atoms with Gasteiger partial charge in [-0.05, 0) is 54.4 Å². The minimum atomic E-state index is -0.285. The zero-order chi connectivity index (χ0) is 19.7. The Labute approximate surface area is 167 Å². The van der Waals surface area contributed by atoms with Crippen LogP contribution < -0.4 is 0 Å². The van der Waals surface area contributed by atoms with Crippen LogP contribution in [-0.4, -0.2) is 17.3 Å². The summed E-state index contributed by atoms with van der Waals surface area (Å²) in [4.78, 5) is 39.1. The van der Waals surface area contributed by atoms with Crippen molar-refractivity contribution in [2.24, 2.45) is 34.5 Å². The number of benzene rings is 1. The summed E-state index contributed by atoms with van der Waals surface area (Å²) in [7, 11) is 0. The van der Waals surface area contributed by atoms with Gasteiger partial charge in [0.05, 0.1) is 5.92 Å². The van der Waals surface area contributed by atoms with Crippen molar-refractivity contribution < 1.29 is 14.4 Å². The first-order valence-electron chi connectivity index (χ1n) is 11.0. The molecule has 0 bridgehead atoms. The molecule has 1 aromatic rings. The fourth-order valence-corrected chi connectivity index (χ4v) is 7.80. The molecule has 7 atom stereocenters. The van der Waals surface area contributed by atoms with Gasteiger partial charge in [0.1, 0.15) is 17.3 Å². The highest BCUT2D eigenvalue weighted by molar-refractivity contribution is 5.96. The third kappa shape index (κ3) is 2.31. The Bertz CT molecular complexity index is 843. The first-order valence-corrected chi connectivity index (χ1v) is 11.0. The number of hydrogen-bond acceptors (Lipinski definition) is 3. The maximum absolute atomic E-state index is 13.6. The second-order valence-electron chi connectivity index (χ2n) is 10.3. The van der Waals surface area contributed by atoms with Crippen LogP contribution in [0.25, 0.3) is 0 Å². The highest BCUT2D eigenvalue weighted by Gasteiger charge is 2.64. The van der Waals surface area contributed by atoms with Crippen LogP contribution in [0.1, 0.15) is 70.3 Å². The van der Waals surface area contributed by atoms with E-state index in [1.165, 1.54) is 0 Å². The molecule has 4 aliphatic rings. The van der Waals surface area contributed by atoms with E-state index in [1.54, 1.807) is 0 Å². The second kappa shape index (κ2) is 6.11. The summed E-state index contributed by atoms with van der Waals surface area (Å²) in [5.74, 6) is 1.57. The standard InChI is InChI=1S/C25H30O3/c1-24-12-10-18-16(17(24)8-9-21(24)28)14-20(27)23-22(15-6-4-3-5-7-15)19(26)11-13-25(18,23)2/h3-7,16-18,22-23H,8-14H2,1-2H3. The lowest BCUT2D eigenvalue weighted by Crippen LogP contribution is -2.58. The first-order chi connectivity index (χ1) is 13.4. The zero-order valence-corrected chi connectivity index (χ0v) is 16.9. The molecular weight excluding hydrogens is 348 g/mol. The maximum atomic E-state index is 13.6. The van der Waals surface area contributed by atoms with Gasteiger partial charge in [0.2, 0.25) is 0 Å². The molecule has 0 heterocycles. The van der Waals surface area contributed by atoms with Crippen LogP contribution in [-0.2, 0) is 14.4 Å². The van der Waals surface area contributed by atoms with E-state index >= 15 is 0 Å². The summed E-state index contributed by atoms with van der Waals surface area (Å²) in [6, 6.07) is 9.94. The highest BCUT2D eigenvalue weighted by atomic mass is 16.1. The quantitative estimate of drug-likeness (QED) is 0.709. The SMILES string of the molecule is CC12CCC3C(CC(=O)C4C(c5ccccc5)C(=O)CCC34C)C1CCC2=O. The average molecular weight is 379 g/mol. The summed E-state index contributed by atoms with van der Waals surface area (Å²) < 4.78 is 0. The fourth-order valence-electron chi connectivity index (χ4n) is 7.80. The molecule has 0 radical (unpaired) electrons. The van der Waals surface area contributed by atoms with Crippen molar-refractivity contribution in [2.45, 2.75) is 64.7 Å². The normalized spacial score (nSPS) is 45.4. The number of ketones is 3. The molecule has 4 saturated carbocycles. The van der Waals surface area contributed by atoms with Crippen LogP contribution >= 0.6 is 0 Å². The maximum Gasteiger partial charge on any atom is 0.141 e. The van der Waals surface area contributed by atoms with Crippen LogP contribution in [0.2, 0.25) is 0 Å². The molecule has 3 nitrogen and oxygen atoms in total. The summed E-state index contributed by atoms with van der Waals surface area (Å²) in [6.45, 7) is 4.44. The van der Waals surface area contributed by atoms with Crippen molar-refractivity contribution in [3.63, 3.8) is 0 Å². The van der Waals surface area contributed by atoms with E-state index in [4.69, 9.17) is 0 Å². The Morgan fingerprint density at radius 2 is 1.61 bits per heavy atom. The summed E-state index contributed by atoms with van der Waals surface area (Å²) in [5.41, 5.74) is 0.668. The van der Waals surface area contributed by atoms with Crippen LogP contribution in [0, 0.1) is 34.5 Å². The molecule has 4 fully saturated rings. The van der Waals surface area contributed by atoms with Gasteiger partial charge < -0.3 is 0 Å². The molecule has 0 N–H and O–H groups in total. The third-order valence-corrected chi connectivity index (χ3v) is 9.24. The molecule has 0 saturated heterocycles. The van der Waals surface area contributed by atoms with E-state index in [-0.39, 0.29) is 34.2 Å². The molecule has 3 heteroatoms. The number of carbonyl (C=O) groups excluding carboxylic acids is 3. The van der Waals surface area contributed by atoms with Crippen LogP contribution in [0.5, 0.6) is 0 Å². The van der Waals surface area contributed by atoms with Gasteiger partial charge in [-0.3, -0.25) is 14.4 Å². The number of Topliss-reactive ketones (excluding diaryl/α,β-unsaturated/α-hetero) is 3. The fraction of sp³-hybridized carbons (Fsp3) is 0.640. The number of hydrogen-bond donors (Lipinski definition) is 0. The Balaban J connectivity index is 1.55. The van der Waals surface area contributed by atoms with E-state index in [0.717, 1.165) is 31.2 Å². The van der Waals surface area contributed by atoms with Crippen molar-refractivity contribution in [1.82, 2.24) is 0 Å². The van der Waals surface area contributed by atoms with E-state index in [1.807, 2.05) is 30.3 Å². The molecule has 0 spiro atoms. The van der Waals surface area contributed by atoms with Crippen LogP contribution in [0.15, 0.2) is 30.3 Å². The predicted molar refractivity (Wildman–Crippen MR) is 107 cm³/mol. The highest BCUT2D eigenvalue weighted by Crippen LogP contribution is 2.66. The zero-order valence-electron chi connectivity index (χ0n) is 16.9. The van der Waals surface area contributed by atoms with Crippen molar-refractivity contribution in [1.29, 1.82) is 0 Å². The monoisotopic (exact) mass is 378 g/mol.